The number of fused-ring (bicyclic) bond motifs is 9. The second kappa shape index (κ2) is 13.2. The van der Waals surface area contributed by atoms with Gasteiger partial charge in [-0.3, -0.25) is 4.57 Å². The molecule has 0 bridgehead atoms. The van der Waals surface area contributed by atoms with E-state index in [0.29, 0.717) is 11.9 Å². The van der Waals surface area contributed by atoms with Gasteiger partial charge in [0.15, 0.2) is 0 Å². The van der Waals surface area contributed by atoms with E-state index >= 15 is 0 Å². The maximum atomic E-state index is 5.36. The lowest BCUT2D eigenvalue weighted by Gasteiger charge is -2.41. The molecule has 0 fully saturated rings. The second-order valence-corrected chi connectivity index (χ2v) is 18.1. The van der Waals surface area contributed by atoms with Crippen molar-refractivity contribution in [2.45, 2.75) is 51.9 Å². The van der Waals surface area contributed by atoms with Crippen LogP contribution in [0.3, 0.4) is 0 Å². The smallest absolute Gasteiger partial charge is 0.235 e. The fourth-order valence-electron chi connectivity index (χ4n) is 11.0. The fraction of sp³-hybridized carbons (Fsp3) is 0.158. The van der Waals surface area contributed by atoms with Gasteiger partial charge in [-0.1, -0.05) is 137 Å². The normalized spacial score (nSPS) is 19.0. The Balaban J connectivity index is 0.950. The van der Waals surface area contributed by atoms with E-state index in [4.69, 9.17) is 9.97 Å². The van der Waals surface area contributed by atoms with Crippen molar-refractivity contribution in [3.05, 3.63) is 204 Å². The maximum absolute atomic E-state index is 5.36. The van der Waals surface area contributed by atoms with E-state index in [1.807, 2.05) is 6.20 Å². The van der Waals surface area contributed by atoms with Crippen LogP contribution in [-0.2, 0) is 5.41 Å². The summed E-state index contributed by atoms with van der Waals surface area (Å²) < 4.78 is 4.73. The van der Waals surface area contributed by atoms with Crippen molar-refractivity contribution in [1.29, 1.82) is 0 Å². The van der Waals surface area contributed by atoms with Gasteiger partial charge in [-0.05, 0) is 123 Å². The molecule has 0 amide bonds. The standard InChI is InChI=1S/C57H46N4/c1-36-31-41(34-46-44-20-12-13-21-51(44)60(54(36)46)42-17-9-6-10-18-42)39-24-26-53-45(32-39)43-19-11-14-22-52(43)61(53)55-58-30-28-50(59-55)40-27-29-57(4)49(35-40)47-33-38(37-15-7-5-8-16-37)23-25-48(47)56(57,2)3/h5-28,30,32-36H,29,31H2,1-4H3. The Labute approximate surface area is 356 Å². The Kier molecular flexibility index (Phi) is 7.78. The molecule has 0 spiro atoms. The second-order valence-electron chi connectivity index (χ2n) is 18.1. The summed E-state index contributed by atoms with van der Waals surface area (Å²) in [5, 5.41) is 3.71. The Morgan fingerprint density at radius 1 is 0.607 bits per heavy atom. The SMILES string of the molecule is CC1CC(c2ccc3c(c2)c2ccccc2n3-c2nccc(C3=CCC4(C)C(=C3)c3cc(-c5ccccc5)ccc3C4(C)C)n2)=Cc2c1n(-c1ccccc1)c1ccccc21. The minimum atomic E-state index is -0.0271. The van der Waals surface area contributed by atoms with Gasteiger partial charge in [-0.2, -0.15) is 0 Å². The first-order chi connectivity index (χ1) is 29.8. The molecule has 2 unspecified atom stereocenters. The number of benzene rings is 6. The predicted molar refractivity (Wildman–Crippen MR) is 254 cm³/mol. The average molecular weight is 787 g/mol. The lowest BCUT2D eigenvalue weighted by atomic mass is 9.62. The molecule has 2 atom stereocenters. The highest BCUT2D eigenvalue weighted by Crippen LogP contribution is 2.62. The summed E-state index contributed by atoms with van der Waals surface area (Å²) in [7, 11) is 0. The lowest BCUT2D eigenvalue weighted by Crippen LogP contribution is -2.35. The summed E-state index contributed by atoms with van der Waals surface area (Å²) in [6, 6.07) is 55.2. The van der Waals surface area contributed by atoms with E-state index in [1.54, 1.807) is 0 Å². The third-order valence-corrected chi connectivity index (χ3v) is 14.6. The number of allylic oxidation sites excluding steroid dienone is 5. The van der Waals surface area contributed by atoms with Crippen LogP contribution < -0.4 is 0 Å². The molecule has 6 aromatic carbocycles. The molecule has 0 N–H and O–H groups in total. The summed E-state index contributed by atoms with van der Waals surface area (Å²) in [6.45, 7) is 9.65. The van der Waals surface area contributed by atoms with Gasteiger partial charge in [-0.15, -0.1) is 0 Å². The van der Waals surface area contributed by atoms with Crippen molar-refractivity contribution in [1.82, 2.24) is 19.1 Å². The van der Waals surface area contributed by atoms with Crippen molar-refractivity contribution >= 4 is 55.5 Å². The molecule has 3 aromatic heterocycles. The van der Waals surface area contributed by atoms with E-state index in [-0.39, 0.29) is 10.8 Å². The number of hydrogen-bond donors (Lipinski definition) is 0. The number of para-hydroxylation sites is 3. The van der Waals surface area contributed by atoms with Crippen LogP contribution in [0.2, 0.25) is 0 Å². The molecule has 3 heterocycles. The van der Waals surface area contributed by atoms with Crippen LogP contribution in [-0.4, -0.2) is 19.1 Å². The lowest BCUT2D eigenvalue weighted by molar-refractivity contribution is 0.272. The monoisotopic (exact) mass is 786 g/mol. The molecule has 0 radical (unpaired) electrons. The highest BCUT2D eigenvalue weighted by molar-refractivity contribution is 6.10. The predicted octanol–water partition coefficient (Wildman–Crippen LogP) is 14.4. The molecule has 294 valence electrons. The van der Waals surface area contributed by atoms with E-state index in [1.165, 1.54) is 77.6 Å². The van der Waals surface area contributed by atoms with Crippen LogP contribution in [0.5, 0.6) is 0 Å². The topological polar surface area (TPSA) is 35.6 Å². The van der Waals surface area contributed by atoms with Crippen molar-refractivity contribution in [2.24, 2.45) is 5.41 Å². The van der Waals surface area contributed by atoms with Crippen molar-refractivity contribution in [2.75, 3.05) is 0 Å². The number of rotatable bonds is 5. The summed E-state index contributed by atoms with van der Waals surface area (Å²) in [5.74, 6) is 1.03. The van der Waals surface area contributed by atoms with Gasteiger partial charge in [-0.25, -0.2) is 9.97 Å². The van der Waals surface area contributed by atoms with Crippen LogP contribution in [0.4, 0.5) is 0 Å². The van der Waals surface area contributed by atoms with Gasteiger partial charge in [0.2, 0.25) is 5.95 Å². The highest BCUT2D eigenvalue weighted by atomic mass is 15.2. The van der Waals surface area contributed by atoms with Crippen LogP contribution in [0.25, 0.3) is 78.3 Å². The maximum Gasteiger partial charge on any atom is 0.235 e. The first-order valence-corrected chi connectivity index (χ1v) is 21.7. The molecular formula is C57H46N4. The highest BCUT2D eigenvalue weighted by Gasteiger charge is 2.52. The summed E-state index contributed by atoms with van der Waals surface area (Å²) in [6.07, 6.45) is 11.1. The summed E-state index contributed by atoms with van der Waals surface area (Å²) >= 11 is 0. The van der Waals surface area contributed by atoms with E-state index in [0.717, 1.165) is 35.1 Å². The van der Waals surface area contributed by atoms with Crippen LogP contribution in [0.1, 0.15) is 80.1 Å². The summed E-state index contributed by atoms with van der Waals surface area (Å²) in [5.41, 5.74) is 18.7. The minimum Gasteiger partial charge on any atom is -0.313 e. The minimum absolute atomic E-state index is 0.0148. The Morgan fingerprint density at radius 2 is 1.30 bits per heavy atom. The van der Waals surface area contributed by atoms with Gasteiger partial charge >= 0.3 is 0 Å². The van der Waals surface area contributed by atoms with Gasteiger partial charge < -0.3 is 4.57 Å². The van der Waals surface area contributed by atoms with Gasteiger partial charge in [0.25, 0.3) is 0 Å². The Bertz CT molecular complexity index is 3360. The van der Waals surface area contributed by atoms with E-state index in [2.05, 4.69) is 207 Å². The number of nitrogens with zero attached hydrogens (tertiary/aromatic N) is 4. The Hall–Kier alpha value is -7.04. The zero-order valence-electron chi connectivity index (χ0n) is 35.0. The molecular weight excluding hydrogens is 741 g/mol. The molecule has 0 saturated carbocycles. The summed E-state index contributed by atoms with van der Waals surface area (Å²) in [4.78, 5) is 10.3. The van der Waals surface area contributed by atoms with Gasteiger partial charge in [0.1, 0.15) is 0 Å². The first kappa shape index (κ1) is 35.9. The molecule has 61 heavy (non-hydrogen) atoms. The molecule has 4 nitrogen and oxygen atoms in total. The third kappa shape index (κ3) is 5.24. The molecule has 4 heteroatoms. The largest absolute Gasteiger partial charge is 0.313 e. The van der Waals surface area contributed by atoms with Crippen molar-refractivity contribution in [3.63, 3.8) is 0 Å². The Morgan fingerprint density at radius 3 is 2.10 bits per heavy atom. The number of hydrogen-bond acceptors (Lipinski definition) is 2. The van der Waals surface area contributed by atoms with Crippen LogP contribution >= 0.6 is 0 Å². The number of aromatic nitrogens is 4. The van der Waals surface area contributed by atoms with Gasteiger partial charge in [0.05, 0.1) is 22.2 Å². The van der Waals surface area contributed by atoms with Crippen LogP contribution in [0, 0.1) is 5.41 Å². The molecule has 0 aliphatic heterocycles. The van der Waals surface area contributed by atoms with E-state index < -0.39 is 0 Å². The average Bonchev–Trinajstić information content (AvgIpc) is 3.88. The zero-order valence-corrected chi connectivity index (χ0v) is 35.0. The fourth-order valence-corrected chi connectivity index (χ4v) is 11.0. The first-order valence-electron chi connectivity index (χ1n) is 21.7. The third-order valence-electron chi connectivity index (χ3n) is 14.6. The molecule has 0 saturated heterocycles. The quantitative estimate of drug-likeness (QED) is 0.174. The van der Waals surface area contributed by atoms with E-state index in [9.17, 15) is 0 Å². The molecule has 3 aliphatic rings. The molecule has 12 rings (SSSR count). The van der Waals surface area contributed by atoms with Crippen molar-refractivity contribution in [3.8, 4) is 22.8 Å². The van der Waals surface area contributed by atoms with Gasteiger partial charge in [0, 0.05) is 50.6 Å². The molecule has 3 aliphatic carbocycles. The van der Waals surface area contributed by atoms with Crippen LogP contribution in [0.15, 0.2) is 170 Å². The van der Waals surface area contributed by atoms with Crippen molar-refractivity contribution < 1.29 is 0 Å². The molecule has 9 aromatic rings. The zero-order chi connectivity index (χ0) is 41.0.